The van der Waals surface area contributed by atoms with Crippen molar-refractivity contribution in [1.82, 2.24) is 0 Å². The van der Waals surface area contributed by atoms with Gasteiger partial charge in [-0.3, -0.25) is 9.98 Å². The van der Waals surface area contributed by atoms with Crippen molar-refractivity contribution in [3.63, 3.8) is 0 Å². The van der Waals surface area contributed by atoms with E-state index in [1.54, 1.807) is 0 Å². The van der Waals surface area contributed by atoms with Crippen LogP contribution in [0.4, 0.5) is 0 Å². The van der Waals surface area contributed by atoms with E-state index in [2.05, 4.69) is 15.9 Å². The summed E-state index contributed by atoms with van der Waals surface area (Å²) in [6.45, 7) is 2.48. The summed E-state index contributed by atoms with van der Waals surface area (Å²) in [6, 6.07) is 0. The van der Waals surface area contributed by atoms with E-state index in [1.165, 1.54) is 0 Å². The van der Waals surface area contributed by atoms with Gasteiger partial charge in [-0.25, -0.2) is 0 Å². The second kappa shape index (κ2) is 2.45. The van der Waals surface area contributed by atoms with Gasteiger partial charge in [0, 0.05) is 12.1 Å². The summed E-state index contributed by atoms with van der Waals surface area (Å²) in [5.41, 5.74) is 1.90. The van der Waals surface area contributed by atoms with Gasteiger partial charge >= 0.3 is 0 Å². The molecule has 0 fully saturated rings. The minimum atomic E-state index is 0.519. The first-order chi connectivity index (χ1) is 4.33. The third-order valence-electron chi connectivity index (χ3n) is 1.19. The molecule has 0 spiro atoms. The average molecular weight is 120 g/mol. The molecule has 0 aromatic carbocycles. The van der Waals surface area contributed by atoms with E-state index >= 15 is 0 Å². The summed E-state index contributed by atoms with van der Waals surface area (Å²) in [5, 5.41) is 0. The minimum absolute atomic E-state index is 0.519. The van der Waals surface area contributed by atoms with Gasteiger partial charge in [0.05, 0.1) is 5.71 Å². The second-order valence-corrected chi connectivity index (χ2v) is 1.96. The van der Waals surface area contributed by atoms with Gasteiger partial charge in [0.1, 0.15) is 6.67 Å². The van der Waals surface area contributed by atoms with Crippen molar-refractivity contribution < 1.29 is 0 Å². The van der Waals surface area contributed by atoms with Crippen LogP contribution in [-0.2, 0) is 0 Å². The molecule has 0 radical (unpaired) electrons. The van der Waals surface area contributed by atoms with Crippen LogP contribution in [0, 0.1) is 12.3 Å². The van der Waals surface area contributed by atoms with Gasteiger partial charge in [-0.15, -0.1) is 6.42 Å². The summed E-state index contributed by atoms with van der Waals surface area (Å²) in [5.74, 6) is 2.50. The van der Waals surface area contributed by atoms with E-state index in [-0.39, 0.29) is 0 Å². The highest BCUT2D eigenvalue weighted by Crippen LogP contribution is 1.97. The second-order valence-electron chi connectivity index (χ2n) is 1.96. The predicted molar refractivity (Wildman–Crippen MR) is 38.9 cm³/mol. The van der Waals surface area contributed by atoms with E-state index in [9.17, 15) is 0 Å². The smallest absolute Gasteiger partial charge is 0.130 e. The molecular formula is C7H8N2. The fourth-order valence-corrected chi connectivity index (χ4v) is 0.692. The summed E-state index contributed by atoms with van der Waals surface area (Å²) >= 11 is 0. The van der Waals surface area contributed by atoms with E-state index in [0.717, 1.165) is 17.8 Å². The molecule has 2 heteroatoms. The maximum Gasteiger partial charge on any atom is 0.130 e. The zero-order valence-corrected chi connectivity index (χ0v) is 5.39. The lowest BCUT2D eigenvalue weighted by molar-refractivity contribution is 1.03. The first-order valence-corrected chi connectivity index (χ1v) is 2.83. The monoisotopic (exact) mass is 120 g/mol. The van der Waals surface area contributed by atoms with Crippen LogP contribution in [0.1, 0.15) is 13.3 Å². The summed E-state index contributed by atoms with van der Waals surface area (Å²) < 4.78 is 0. The molecular weight excluding hydrogens is 112 g/mol. The molecule has 0 bridgehead atoms. The fourth-order valence-electron chi connectivity index (χ4n) is 0.692. The normalized spacial score (nSPS) is 17.8. The van der Waals surface area contributed by atoms with Gasteiger partial charge in [0.25, 0.3) is 0 Å². The molecule has 1 aliphatic heterocycles. The molecule has 0 unspecified atom stereocenters. The largest absolute Gasteiger partial charge is 0.271 e. The number of aliphatic imine (C=N–C) groups is 2. The molecule has 1 aliphatic rings. The van der Waals surface area contributed by atoms with Gasteiger partial charge < -0.3 is 0 Å². The molecule has 0 atom stereocenters. The lowest BCUT2D eigenvalue weighted by Gasteiger charge is -2.03. The highest BCUT2D eigenvalue weighted by atomic mass is 15.0. The number of nitrogens with zero attached hydrogens (tertiary/aromatic N) is 2. The number of hydrogen-bond donors (Lipinski definition) is 0. The van der Waals surface area contributed by atoms with Crippen molar-refractivity contribution in [2.45, 2.75) is 13.3 Å². The van der Waals surface area contributed by atoms with Crippen LogP contribution in [0.3, 0.4) is 0 Å². The molecule has 9 heavy (non-hydrogen) atoms. The Morgan fingerprint density at radius 1 is 1.56 bits per heavy atom. The third kappa shape index (κ3) is 1.39. The molecule has 1 heterocycles. The van der Waals surface area contributed by atoms with Crippen molar-refractivity contribution >= 4 is 11.4 Å². The third-order valence-corrected chi connectivity index (χ3v) is 1.19. The van der Waals surface area contributed by atoms with Gasteiger partial charge in [-0.05, 0) is 6.92 Å². The zero-order chi connectivity index (χ0) is 6.69. The quantitative estimate of drug-likeness (QED) is 0.424. The Bertz CT molecular complexity index is 205. The Morgan fingerprint density at radius 3 is 2.78 bits per heavy atom. The molecule has 2 nitrogen and oxygen atoms in total. The molecule has 0 aliphatic carbocycles. The lowest BCUT2D eigenvalue weighted by atomic mass is 10.2. The maximum absolute atomic E-state index is 5.13. The first kappa shape index (κ1) is 6.03. The molecule has 0 saturated carbocycles. The van der Waals surface area contributed by atoms with Gasteiger partial charge in [0.2, 0.25) is 0 Å². The fraction of sp³-hybridized carbons (Fsp3) is 0.429. The average Bonchev–Trinajstić information content (AvgIpc) is 1.88. The highest BCUT2D eigenvalue weighted by Gasteiger charge is 2.01. The van der Waals surface area contributed by atoms with E-state index in [4.69, 9.17) is 6.42 Å². The predicted octanol–water partition coefficient (Wildman–Crippen LogP) is 0.883. The number of hydrogen-bond acceptors (Lipinski definition) is 2. The SMILES string of the molecule is C#CC1=NCN=C(C)C1. The molecule has 1 rings (SSSR count). The zero-order valence-electron chi connectivity index (χ0n) is 5.39. The van der Waals surface area contributed by atoms with E-state index < -0.39 is 0 Å². The van der Waals surface area contributed by atoms with Crippen LogP contribution in [0.25, 0.3) is 0 Å². The molecule has 0 N–H and O–H groups in total. The van der Waals surface area contributed by atoms with Crippen molar-refractivity contribution in [3.8, 4) is 12.3 Å². The Kier molecular flexibility index (Phi) is 1.64. The Labute approximate surface area is 54.7 Å². The molecule has 0 amide bonds. The van der Waals surface area contributed by atoms with Gasteiger partial charge in [-0.1, -0.05) is 5.92 Å². The van der Waals surface area contributed by atoms with E-state index in [1.807, 2.05) is 6.92 Å². The van der Waals surface area contributed by atoms with Crippen LogP contribution in [0.15, 0.2) is 9.98 Å². The standard InChI is InChI=1S/C7H8N2/c1-3-7-4-6(2)8-5-9-7/h1H,4-5H2,2H3. The highest BCUT2D eigenvalue weighted by molar-refractivity contribution is 6.12. The van der Waals surface area contributed by atoms with Crippen molar-refractivity contribution in [1.29, 1.82) is 0 Å². The van der Waals surface area contributed by atoms with Crippen LogP contribution in [-0.4, -0.2) is 18.1 Å². The van der Waals surface area contributed by atoms with Crippen molar-refractivity contribution in [3.05, 3.63) is 0 Å². The molecule has 0 aromatic heterocycles. The first-order valence-electron chi connectivity index (χ1n) is 2.83. The van der Waals surface area contributed by atoms with Crippen LogP contribution >= 0.6 is 0 Å². The van der Waals surface area contributed by atoms with Crippen LogP contribution in [0.5, 0.6) is 0 Å². The Hall–Kier alpha value is -1.10. The van der Waals surface area contributed by atoms with Gasteiger partial charge in [-0.2, -0.15) is 0 Å². The lowest BCUT2D eigenvalue weighted by Crippen LogP contribution is -2.08. The Balaban J connectivity index is 2.65. The molecule has 46 valence electrons. The topological polar surface area (TPSA) is 24.7 Å². The van der Waals surface area contributed by atoms with Crippen molar-refractivity contribution in [2.24, 2.45) is 9.98 Å². The van der Waals surface area contributed by atoms with E-state index in [0.29, 0.717) is 6.67 Å². The number of terminal acetylenes is 1. The minimum Gasteiger partial charge on any atom is -0.271 e. The van der Waals surface area contributed by atoms with Crippen LogP contribution < -0.4 is 0 Å². The summed E-state index contributed by atoms with van der Waals surface area (Å²) in [7, 11) is 0. The number of rotatable bonds is 0. The molecule has 0 saturated heterocycles. The molecule has 0 aromatic rings. The van der Waals surface area contributed by atoms with Crippen LogP contribution in [0.2, 0.25) is 0 Å². The van der Waals surface area contributed by atoms with Gasteiger partial charge in [0.15, 0.2) is 0 Å². The van der Waals surface area contributed by atoms with Crippen molar-refractivity contribution in [2.75, 3.05) is 6.67 Å². The Morgan fingerprint density at radius 2 is 2.33 bits per heavy atom. The maximum atomic E-state index is 5.13. The summed E-state index contributed by atoms with van der Waals surface area (Å²) in [6.07, 6.45) is 5.89. The summed E-state index contributed by atoms with van der Waals surface area (Å²) in [4.78, 5) is 8.05.